The van der Waals surface area contributed by atoms with Gasteiger partial charge in [0.2, 0.25) is 0 Å². The number of aryl methyl sites for hydroxylation is 2. The highest BCUT2D eigenvalue weighted by molar-refractivity contribution is 7.27. The molecule has 0 aliphatic heterocycles. The first-order valence-corrected chi connectivity index (χ1v) is 9.33. The smallest absolute Gasteiger partial charge is 0.150 e. The number of aromatic nitrogens is 2. The maximum Gasteiger partial charge on any atom is 0.150 e. The van der Waals surface area contributed by atoms with Crippen molar-refractivity contribution in [3.8, 4) is 0 Å². The summed E-state index contributed by atoms with van der Waals surface area (Å²) in [5, 5.41) is 4.47. The van der Waals surface area contributed by atoms with Crippen LogP contribution in [0.2, 0.25) is 0 Å². The van der Waals surface area contributed by atoms with E-state index in [1.54, 1.807) is 0 Å². The molecule has 4 rings (SSSR count). The summed E-state index contributed by atoms with van der Waals surface area (Å²) in [5.41, 5.74) is 10.4. The summed E-state index contributed by atoms with van der Waals surface area (Å²) in [6, 6.07) is 17.0. The van der Waals surface area contributed by atoms with Gasteiger partial charge in [0.1, 0.15) is 5.52 Å². The summed E-state index contributed by atoms with van der Waals surface area (Å²) in [7, 11) is 5.42. The molecule has 2 atom stereocenters. The van der Waals surface area contributed by atoms with Crippen LogP contribution in [0.25, 0.3) is 21.8 Å². The van der Waals surface area contributed by atoms with Crippen LogP contribution in [0, 0.1) is 0 Å². The summed E-state index contributed by atoms with van der Waals surface area (Å²) >= 11 is 0. The predicted octanol–water partition coefficient (Wildman–Crippen LogP) is 3.15. The van der Waals surface area contributed by atoms with E-state index in [-0.39, 0.29) is 0 Å². The van der Waals surface area contributed by atoms with Crippen LogP contribution in [0.5, 0.6) is 0 Å². The fourth-order valence-electron chi connectivity index (χ4n) is 3.08. The van der Waals surface area contributed by atoms with Crippen LogP contribution in [-0.4, -0.2) is 9.97 Å². The second-order valence-corrected chi connectivity index (χ2v) is 7.59. The fourth-order valence-corrected chi connectivity index (χ4v) is 3.53. The summed E-state index contributed by atoms with van der Waals surface area (Å²) in [5.74, 6) is 0.487. The van der Waals surface area contributed by atoms with E-state index < -0.39 is 0 Å². The third-order valence-corrected chi connectivity index (χ3v) is 5.17. The van der Waals surface area contributed by atoms with Crippen molar-refractivity contribution in [3.63, 3.8) is 0 Å². The Balaban J connectivity index is 1.73. The molecule has 3 nitrogen and oxygen atoms in total. The third kappa shape index (κ3) is 3.35. The number of rotatable bonds is 3. The van der Waals surface area contributed by atoms with Crippen LogP contribution < -0.4 is 16.3 Å². The van der Waals surface area contributed by atoms with Gasteiger partial charge < -0.3 is 5.73 Å². The number of hydrogen-bond acceptors (Lipinski definition) is 3. The highest BCUT2D eigenvalue weighted by Gasteiger charge is 2.09. The molecular weight excluding hydrogens is 344 g/mol. The Bertz CT molecular complexity index is 1080. The molecule has 0 fully saturated rings. The number of hydrogen-bond donors (Lipinski definition) is 1. The molecule has 2 aromatic carbocycles. The minimum Gasteiger partial charge on any atom is -0.382 e. The first-order chi connectivity index (χ1) is 12.1. The Labute approximate surface area is 151 Å². The molecule has 0 saturated heterocycles. The normalized spacial score (nSPS) is 11.3. The lowest BCUT2D eigenvalue weighted by atomic mass is 10.0. The Morgan fingerprint density at radius 2 is 1.52 bits per heavy atom. The highest BCUT2D eigenvalue weighted by atomic mass is 31.0. The van der Waals surface area contributed by atoms with Crippen molar-refractivity contribution in [2.45, 2.75) is 12.8 Å². The molecule has 0 bridgehead atoms. The van der Waals surface area contributed by atoms with Crippen molar-refractivity contribution in [1.82, 2.24) is 9.97 Å². The molecule has 2 N–H and O–H groups in total. The molecule has 25 heavy (non-hydrogen) atoms. The van der Waals surface area contributed by atoms with Gasteiger partial charge >= 0.3 is 0 Å². The Morgan fingerprint density at radius 3 is 2.32 bits per heavy atom. The number of nitrogens with zero attached hydrogens (tertiary/aromatic N) is 2. The lowest BCUT2D eigenvalue weighted by Crippen LogP contribution is -2.00. The standard InChI is InChI=1S/C20H19N3P2/c21-20-19-17(16-8-7-15(25)10-18(16)23-20)9-13(11-22-19)2-1-12-3-5-14(24)6-4-12/h3-11H,1-2,24-25H2,(H2,21,23). The predicted molar refractivity (Wildman–Crippen MR) is 114 cm³/mol. The number of benzene rings is 2. The zero-order valence-corrected chi connectivity index (χ0v) is 16.0. The second kappa shape index (κ2) is 6.67. The molecule has 2 unspecified atom stereocenters. The van der Waals surface area contributed by atoms with E-state index in [4.69, 9.17) is 5.73 Å². The minimum atomic E-state index is 0.487. The van der Waals surface area contributed by atoms with Crippen molar-refractivity contribution in [2.24, 2.45) is 0 Å². The summed E-state index contributed by atoms with van der Waals surface area (Å²) in [6.07, 6.45) is 3.86. The Morgan fingerprint density at radius 1 is 0.800 bits per heavy atom. The molecule has 2 heterocycles. The van der Waals surface area contributed by atoms with Crippen molar-refractivity contribution >= 4 is 56.7 Å². The summed E-state index contributed by atoms with van der Waals surface area (Å²) < 4.78 is 0. The Kier molecular flexibility index (Phi) is 4.37. The molecule has 0 radical (unpaired) electrons. The topological polar surface area (TPSA) is 51.8 Å². The van der Waals surface area contributed by atoms with Crippen molar-refractivity contribution in [3.05, 3.63) is 65.9 Å². The average molecular weight is 363 g/mol. The quantitative estimate of drug-likeness (QED) is 0.449. The number of nitrogen functional groups attached to an aromatic ring is 1. The minimum absolute atomic E-state index is 0.487. The van der Waals surface area contributed by atoms with Crippen LogP contribution in [0.15, 0.2) is 54.7 Å². The maximum atomic E-state index is 6.12. The molecule has 2 aromatic heterocycles. The third-order valence-electron chi connectivity index (χ3n) is 4.42. The van der Waals surface area contributed by atoms with Crippen LogP contribution in [0.1, 0.15) is 11.1 Å². The van der Waals surface area contributed by atoms with Crippen LogP contribution in [0.4, 0.5) is 5.82 Å². The van der Waals surface area contributed by atoms with Gasteiger partial charge in [-0.2, -0.15) is 0 Å². The summed E-state index contributed by atoms with van der Waals surface area (Å²) in [4.78, 5) is 9.08. The molecule has 124 valence electrons. The fraction of sp³-hybridized carbons (Fsp3) is 0.100. The van der Waals surface area contributed by atoms with E-state index in [0.717, 1.165) is 40.0 Å². The zero-order chi connectivity index (χ0) is 17.4. The van der Waals surface area contributed by atoms with Gasteiger partial charge in [0, 0.05) is 17.0 Å². The molecule has 0 spiro atoms. The number of anilines is 1. The average Bonchev–Trinajstić information content (AvgIpc) is 2.61. The number of nitrogens with two attached hydrogens (primary N) is 1. The molecular formula is C20H19N3P2. The first-order valence-electron chi connectivity index (χ1n) is 8.18. The Hall–Kier alpha value is -2.08. The van der Waals surface area contributed by atoms with Crippen LogP contribution in [0.3, 0.4) is 0 Å². The van der Waals surface area contributed by atoms with Crippen LogP contribution in [-0.2, 0) is 12.8 Å². The van der Waals surface area contributed by atoms with Gasteiger partial charge in [-0.1, -0.05) is 36.4 Å². The monoisotopic (exact) mass is 363 g/mol. The van der Waals surface area contributed by atoms with Gasteiger partial charge in [0.25, 0.3) is 0 Å². The maximum absolute atomic E-state index is 6.12. The van der Waals surface area contributed by atoms with Gasteiger partial charge in [-0.25, -0.2) is 4.98 Å². The molecule has 0 amide bonds. The zero-order valence-electron chi connectivity index (χ0n) is 13.7. The van der Waals surface area contributed by atoms with E-state index in [1.165, 1.54) is 16.4 Å². The van der Waals surface area contributed by atoms with Crippen LogP contribution >= 0.6 is 18.5 Å². The van der Waals surface area contributed by atoms with Gasteiger partial charge in [-0.05, 0) is 46.7 Å². The van der Waals surface area contributed by atoms with Gasteiger partial charge in [0.15, 0.2) is 5.82 Å². The van der Waals surface area contributed by atoms with Gasteiger partial charge in [0.05, 0.1) is 5.52 Å². The van der Waals surface area contributed by atoms with E-state index in [0.29, 0.717) is 5.82 Å². The molecule has 5 heteroatoms. The van der Waals surface area contributed by atoms with E-state index in [1.807, 2.05) is 12.3 Å². The van der Waals surface area contributed by atoms with Crippen molar-refractivity contribution < 1.29 is 0 Å². The lowest BCUT2D eigenvalue weighted by molar-refractivity contribution is 0.955. The first kappa shape index (κ1) is 16.4. The second-order valence-electron chi connectivity index (χ2n) is 6.25. The molecule has 0 saturated carbocycles. The van der Waals surface area contributed by atoms with E-state index in [2.05, 4.69) is 70.9 Å². The van der Waals surface area contributed by atoms with Gasteiger partial charge in [-0.15, -0.1) is 18.5 Å². The van der Waals surface area contributed by atoms with E-state index >= 15 is 0 Å². The highest BCUT2D eigenvalue weighted by Crippen LogP contribution is 2.27. The van der Waals surface area contributed by atoms with E-state index in [9.17, 15) is 0 Å². The lowest BCUT2D eigenvalue weighted by Gasteiger charge is -2.09. The SMILES string of the molecule is Nc1nc2cc(P)ccc2c2cc(CCc3ccc(P)cc3)cnc12. The van der Waals surface area contributed by atoms with Crippen molar-refractivity contribution in [1.29, 1.82) is 0 Å². The van der Waals surface area contributed by atoms with Gasteiger partial charge in [-0.3, -0.25) is 4.98 Å². The largest absolute Gasteiger partial charge is 0.382 e. The number of fused-ring (bicyclic) bond motifs is 3. The van der Waals surface area contributed by atoms with Crippen molar-refractivity contribution in [2.75, 3.05) is 5.73 Å². The number of pyridine rings is 2. The molecule has 0 aliphatic carbocycles. The summed E-state index contributed by atoms with van der Waals surface area (Å²) in [6.45, 7) is 0. The molecule has 4 aromatic rings. The molecule has 0 aliphatic rings.